The normalized spacial score (nSPS) is 16.8. The molecule has 1 atom stereocenters. The second-order valence-electron chi connectivity index (χ2n) is 5.97. The number of rotatable bonds is 3. The largest absolute Gasteiger partial charge is 0.347 e. The zero-order valence-corrected chi connectivity index (χ0v) is 15.2. The van der Waals surface area contributed by atoms with Gasteiger partial charge in [0, 0.05) is 18.0 Å². The Kier molecular flexibility index (Phi) is 5.08. The van der Waals surface area contributed by atoms with Crippen LogP contribution in [-0.2, 0) is 0 Å². The molecule has 132 valence electrons. The quantitative estimate of drug-likeness (QED) is 0.734. The molecule has 8 heteroatoms. The van der Waals surface area contributed by atoms with Gasteiger partial charge in [-0.25, -0.2) is 9.07 Å². The van der Waals surface area contributed by atoms with Crippen LogP contribution in [0.25, 0.3) is 15.9 Å². The van der Waals surface area contributed by atoms with Crippen LogP contribution >= 0.6 is 23.7 Å². The highest BCUT2D eigenvalue weighted by molar-refractivity contribution is 7.20. The van der Waals surface area contributed by atoms with Crippen LogP contribution in [0, 0.1) is 12.7 Å². The van der Waals surface area contributed by atoms with E-state index in [1.165, 1.54) is 23.5 Å². The predicted octanol–water partition coefficient (Wildman–Crippen LogP) is 3.05. The van der Waals surface area contributed by atoms with E-state index in [2.05, 4.69) is 15.7 Å². The van der Waals surface area contributed by atoms with Gasteiger partial charge in [0.15, 0.2) is 0 Å². The maximum Gasteiger partial charge on any atom is 0.261 e. The van der Waals surface area contributed by atoms with Crippen LogP contribution in [-0.4, -0.2) is 34.8 Å². The number of nitrogens with zero attached hydrogens (tertiary/aromatic N) is 2. The monoisotopic (exact) mass is 380 g/mol. The highest BCUT2D eigenvalue weighted by Gasteiger charge is 2.21. The van der Waals surface area contributed by atoms with Gasteiger partial charge in [-0.3, -0.25) is 4.79 Å². The van der Waals surface area contributed by atoms with E-state index in [-0.39, 0.29) is 30.2 Å². The standard InChI is InChI=1S/C17H17FN4OS.ClH/c1-10-14-8-15(16(23)20-12-6-7-19-9-12)24-17(14)22(21-10)13-4-2-11(18)3-5-13;/h2-5,8,12,19H,6-7,9H2,1H3,(H,20,23);1H. The Hall–Kier alpha value is -1.96. The minimum absolute atomic E-state index is 0. The number of halogens is 2. The number of aryl methyl sites for hydroxylation is 1. The van der Waals surface area contributed by atoms with E-state index in [0.29, 0.717) is 4.88 Å². The fourth-order valence-electron chi connectivity index (χ4n) is 2.95. The lowest BCUT2D eigenvalue weighted by molar-refractivity contribution is 0.0944. The number of aromatic nitrogens is 2. The molecular weight excluding hydrogens is 363 g/mol. The van der Waals surface area contributed by atoms with Gasteiger partial charge in [0.2, 0.25) is 0 Å². The van der Waals surface area contributed by atoms with Gasteiger partial charge < -0.3 is 10.6 Å². The van der Waals surface area contributed by atoms with Crippen LogP contribution in [0.2, 0.25) is 0 Å². The summed E-state index contributed by atoms with van der Waals surface area (Å²) in [7, 11) is 0. The number of amides is 1. The van der Waals surface area contributed by atoms with E-state index >= 15 is 0 Å². The molecule has 3 aromatic rings. The summed E-state index contributed by atoms with van der Waals surface area (Å²) in [6.07, 6.45) is 0.957. The molecule has 0 saturated carbocycles. The smallest absolute Gasteiger partial charge is 0.261 e. The molecule has 1 aliphatic rings. The molecule has 3 heterocycles. The third-order valence-corrected chi connectivity index (χ3v) is 5.34. The molecule has 5 nitrogen and oxygen atoms in total. The summed E-state index contributed by atoms with van der Waals surface area (Å²) in [4.78, 5) is 14.0. The van der Waals surface area contributed by atoms with Crippen molar-refractivity contribution < 1.29 is 9.18 Å². The second kappa shape index (κ2) is 7.11. The Balaban J connectivity index is 0.00000182. The average Bonchev–Trinajstić information content (AvgIpc) is 3.27. The number of hydrogen-bond donors (Lipinski definition) is 2. The van der Waals surface area contributed by atoms with E-state index in [9.17, 15) is 9.18 Å². The summed E-state index contributed by atoms with van der Waals surface area (Å²) in [6, 6.07) is 8.27. The lowest BCUT2D eigenvalue weighted by Crippen LogP contribution is -2.35. The summed E-state index contributed by atoms with van der Waals surface area (Å²) in [5.41, 5.74) is 1.63. The predicted molar refractivity (Wildman–Crippen MR) is 99.6 cm³/mol. The Bertz CT molecular complexity index is 899. The fourth-order valence-corrected chi connectivity index (χ4v) is 4.04. The van der Waals surface area contributed by atoms with E-state index in [1.54, 1.807) is 16.8 Å². The Morgan fingerprint density at radius 3 is 2.84 bits per heavy atom. The van der Waals surface area contributed by atoms with E-state index in [4.69, 9.17) is 0 Å². The Morgan fingerprint density at radius 1 is 1.40 bits per heavy atom. The number of carbonyl (C=O) groups is 1. The third kappa shape index (κ3) is 3.40. The Morgan fingerprint density at radius 2 is 2.16 bits per heavy atom. The lowest BCUT2D eigenvalue weighted by Gasteiger charge is -2.09. The molecule has 1 aliphatic heterocycles. The zero-order valence-electron chi connectivity index (χ0n) is 13.6. The molecule has 2 aromatic heterocycles. The first-order chi connectivity index (χ1) is 11.6. The van der Waals surface area contributed by atoms with Crippen molar-refractivity contribution in [3.63, 3.8) is 0 Å². The first-order valence-electron chi connectivity index (χ1n) is 7.88. The molecule has 1 fully saturated rings. The molecule has 0 radical (unpaired) electrons. The van der Waals surface area contributed by atoms with Gasteiger partial charge in [-0.05, 0) is 50.2 Å². The molecule has 25 heavy (non-hydrogen) atoms. The van der Waals surface area contributed by atoms with Crippen LogP contribution in [0.1, 0.15) is 21.8 Å². The average molecular weight is 381 g/mol. The summed E-state index contributed by atoms with van der Waals surface area (Å²) in [5, 5.41) is 11.8. The van der Waals surface area contributed by atoms with Crippen molar-refractivity contribution in [3.05, 3.63) is 46.7 Å². The summed E-state index contributed by atoms with van der Waals surface area (Å²) in [5.74, 6) is -0.328. The van der Waals surface area contributed by atoms with Crippen molar-refractivity contribution in [2.75, 3.05) is 13.1 Å². The van der Waals surface area contributed by atoms with E-state index in [1.807, 2.05) is 13.0 Å². The van der Waals surface area contributed by atoms with Crippen LogP contribution in [0.3, 0.4) is 0 Å². The zero-order chi connectivity index (χ0) is 16.7. The number of fused-ring (bicyclic) bond motifs is 1. The number of nitrogens with one attached hydrogen (secondary N) is 2. The second-order valence-corrected chi connectivity index (χ2v) is 7.00. The SMILES string of the molecule is Cc1nn(-c2ccc(F)cc2)c2sc(C(=O)NC3CCNC3)cc12.Cl. The van der Waals surface area contributed by atoms with E-state index in [0.717, 1.165) is 41.1 Å². The maximum absolute atomic E-state index is 13.1. The minimum atomic E-state index is -0.282. The molecule has 1 saturated heterocycles. The Labute approximate surface area is 154 Å². The van der Waals surface area contributed by atoms with Gasteiger partial charge in [0.1, 0.15) is 10.6 Å². The van der Waals surface area contributed by atoms with Crippen LogP contribution in [0.4, 0.5) is 4.39 Å². The summed E-state index contributed by atoms with van der Waals surface area (Å²) >= 11 is 1.41. The van der Waals surface area contributed by atoms with Crippen molar-refractivity contribution >= 4 is 39.9 Å². The van der Waals surface area contributed by atoms with Crippen LogP contribution in [0.15, 0.2) is 30.3 Å². The van der Waals surface area contributed by atoms with Crippen LogP contribution in [0.5, 0.6) is 0 Å². The molecule has 1 amide bonds. The number of benzene rings is 1. The van der Waals surface area contributed by atoms with Crippen molar-refractivity contribution in [3.8, 4) is 5.69 Å². The summed E-state index contributed by atoms with van der Waals surface area (Å²) < 4.78 is 14.9. The minimum Gasteiger partial charge on any atom is -0.347 e. The molecule has 4 rings (SSSR count). The third-order valence-electron chi connectivity index (χ3n) is 4.24. The molecule has 1 unspecified atom stereocenters. The lowest BCUT2D eigenvalue weighted by atomic mass is 10.2. The van der Waals surface area contributed by atoms with Gasteiger partial charge in [0.05, 0.1) is 16.3 Å². The molecule has 0 bridgehead atoms. The maximum atomic E-state index is 13.1. The first-order valence-corrected chi connectivity index (χ1v) is 8.70. The first kappa shape index (κ1) is 17.8. The van der Waals surface area contributed by atoms with Crippen LogP contribution < -0.4 is 10.6 Å². The molecular formula is C17H18ClFN4OS. The van der Waals surface area contributed by atoms with Crippen molar-refractivity contribution in [1.29, 1.82) is 0 Å². The van der Waals surface area contributed by atoms with Crippen molar-refractivity contribution in [2.45, 2.75) is 19.4 Å². The summed E-state index contributed by atoms with van der Waals surface area (Å²) in [6.45, 7) is 3.67. The highest BCUT2D eigenvalue weighted by atomic mass is 35.5. The van der Waals surface area contributed by atoms with Gasteiger partial charge in [-0.2, -0.15) is 5.10 Å². The molecule has 1 aromatic carbocycles. The highest BCUT2D eigenvalue weighted by Crippen LogP contribution is 2.30. The van der Waals surface area contributed by atoms with Crippen molar-refractivity contribution in [1.82, 2.24) is 20.4 Å². The van der Waals surface area contributed by atoms with Gasteiger partial charge in [-0.15, -0.1) is 23.7 Å². The molecule has 2 N–H and O–H groups in total. The number of carbonyl (C=O) groups excluding carboxylic acids is 1. The van der Waals surface area contributed by atoms with Crippen molar-refractivity contribution in [2.24, 2.45) is 0 Å². The van der Waals surface area contributed by atoms with Gasteiger partial charge in [0.25, 0.3) is 5.91 Å². The fraction of sp³-hybridized carbons (Fsp3) is 0.294. The van der Waals surface area contributed by atoms with E-state index < -0.39 is 0 Å². The van der Waals surface area contributed by atoms with Gasteiger partial charge >= 0.3 is 0 Å². The topological polar surface area (TPSA) is 59.0 Å². The molecule has 0 spiro atoms. The number of hydrogen-bond acceptors (Lipinski definition) is 4. The molecule has 0 aliphatic carbocycles. The number of thiophene rings is 1. The van der Waals surface area contributed by atoms with Gasteiger partial charge in [-0.1, -0.05) is 0 Å².